The predicted octanol–water partition coefficient (Wildman–Crippen LogP) is 6.84. The van der Waals surface area contributed by atoms with Crippen molar-refractivity contribution in [2.24, 2.45) is 0 Å². The lowest BCUT2D eigenvalue weighted by molar-refractivity contribution is 0.131. The molecular weight excluding hydrogens is 304 g/mol. The van der Waals surface area contributed by atoms with Gasteiger partial charge in [-0.05, 0) is 77.7 Å². The molecule has 0 saturated carbocycles. The quantitative estimate of drug-likeness (QED) is 0.392. The molecule has 0 N–H and O–H groups in total. The van der Waals surface area contributed by atoms with Crippen LogP contribution in [0.1, 0.15) is 20.8 Å². The molecule has 0 radical (unpaired) electrons. The number of rotatable bonds is 2. The fourth-order valence-electron chi connectivity index (χ4n) is 3.19. The van der Waals surface area contributed by atoms with Crippen molar-refractivity contribution in [3.8, 4) is 16.9 Å². The van der Waals surface area contributed by atoms with Crippen LogP contribution in [0.2, 0.25) is 0 Å². The molecule has 1 nitrogen and oxygen atoms in total. The molecule has 0 aliphatic rings. The second-order valence-corrected chi connectivity index (χ2v) is 7.50. The molecule has 1 heteroatoms. The maximum absolute atomic E-state index is 5.97. The highest BCUT2D eigenvalue weighted by molar-refractivity contribution is 5.91. The van der Waals surface area contributed by atoms with Crippen LogP contribution in [0.4, 0.5) is 0 Å². The van der Waals surface area contributed by atoms with Crippen LogP contribution in [0.3, 0.4) is 0 Å². The minimum absolute atomic E-state index is 0.182. The van der Waals surface area contributed by atoms with Crippen LogP contribution in [-0.4, -0.2) is 5.60 Å². The van der Waals surface area contributed by atoms with Gasteiger partial charge in [0, 0.05) is 0 Å². The summed E-state index contributed by atoms with van der Waals surface area (Å²) in [4.78, 5) is 0. The summed E-state index contributed by atoms with van der Waals surface area (Å²) < 4.78 is 5.97. The SMILES string of the molecule is CC(C)(C)Oc1ccc2cc(-c3ccc4ccccc4c3)ccc2c1. The fraction of sp³-hybridized carbons (Fsp3) is 0.167. The van der Waals surface area contributed by atoms with Crippen molar-refractivity contribution in [2.75, 3.05) is 0 Å². The molecule has 0 bridgehead atoms. The van der Waals surface area contributed by atoms with Crippen molar-refractivity contribution in [2.45, 2.75) is 26.4 Å². The van der Waals surface area contributed by atoms with Gasteiger partial charge in [0.15, 0.2) is 0 Å². The van der Waals surface area contributed by atoms with Gasteiger partial charge >= 0.3 is 0 Å². The number of fused-ring (bicyclic) bond motifs is 2. The van der Waals surface area contributed by atoms with Crippen LogP contribution in [0.25, 0.3) is 32.7 Å². The Bertz CT molecular complexity index is 1050. The Balaban J connectivity index is 1.74. The zero-order valence-corrected chi connectivity index (χ0v) is 14.9. The second-order valence-electron chi connectivity index (χ2n) is 7.50. The minimum atomic E-state index is -0.182. The Morgan fingerprint density at radius 1 is 0.560 bits per heavy atom. The molecule has 0 fully saturated rings. The molecule has 0 aromatic heterocycles. The average molecular weight is 326 g/mol. The van der Waals surface area contributed by atoms with Gasteiger partial charge in [-0.25, -0.2) is 0 Å². The second kappa shape index (κ2) is 5.93. The van der Waals surface area contributed by atoms with Crippen molar-refractivity contribution in [1.29, 1.82) is 0 Å². The van der Waals surface area contributed by atoms with Gasteiger partial charge in [-0.3, -0.25) is 0 Å². The van der Waals surface area contributed by atoms with Gasteiger partial charge in [0.25, 0.3) is 0 Å². The molecule has 0 spiro atoms. The highest BCUT2D eigenvalue weighted by Crippen LogP contribution is 2.30. The summed E-state index contributed by atoms with van der Waals surface area (Å²) in [6, 6.07) is 28.0. The Labute approximate surface area is 148 Å². The smallest absolute Gasteiger partial charge is 0.120 e. The van der Waals surface area contributed by atoms with Crippen LogP contribution < -0.4 is 4.74 Å². The number of ether oxygens (including phenoxy) is 1. The zero-order valence-electron chi connectivity index (χ0n) is 14.9. The van der Waals surface area contributed by atoms with E-state index in [1.54, 1.807) is 0 Å². The molecule has 0 amide bonds. The summed E-state index contributed by atoms with van der Waals surface area (Å²) in [5.41, 5.74) is 2.30. The van der Waals surface area contributed by atoms with Gasteiger partial charge in [-0.1, -0.05) is 54.6 Å². The fourth-order valence-corrected chi connectivity index (χ4v) is 3.19. The highest BCUT2D eigenvalue weighted by atomic mass is 16.5. The normalized spacial score (nSPS) is 11.8. The van der Waals surface area contributed by atoms with E-state index in [4.69, 9.17) is 4.74 Å². The summed E-state index contributed by atoms with van der Waals surface area (Å²) in [5.74, 6) is 0.915. The summed E-state index contributed by atoms with van der Waals surface area (Å²) in [6.07, 6.45) is 0. The van der Waals surface area contributed by atoms with Crippen LogP contribution in [0.15, 0.2) is 78.9 Å². The summed E-state index contributed by atoms with van der Waals surface area (Å²) in [6.45, 7) is 6.21. The van der Waals surface area contributed by atoms with Crippen LogP contribution in [0.5, 0.6) is 5.75 Å². The van der Waals surface area contributed by atoms with Crippen LogP contribution >= 0.6 is 0 Å². The molecule has 4 rings (SSSR count). The maximum Gasteiger partial charge on any atom is 0.120 e. The maximum atomic E-state index is 5.97. The standard InChI is InChI=1S/C24H22O/c1-24(2,3)25-23-13-12-21-15-20(10-11-22(21)16-23)19-9-8-17-6-4-5-7-18(17)14-19/h4-16H,1-3H3. The third kappa shape index (κ3) is 3.36. The first-order valence-corrected chi connectivity index (χ1v) is 8.70. The van der Waals surface area contributed by atoms with Crippen molar-refractivity contribution in [1.82, 2.24) is 0 Å². The third-order valence-electron chi connectivity index (χ3n) is 4.32. The number of hydrogen-bond acceptors (Lipinski definition) is 1. The molecular formula is C24H22O. The Morgan fingerprint density at radius 2 is 1.08 bits per heavy atom. The van der Waals surface area contributed by atoms with E-state index in [-0.39, 0.29) is 5.60 Å². The van der Waals surface area contributed by atoms with E-state index in [1.165, 1.54) is 32.7 Å². The highest BCUT2D eigenvalue weighted by Gasteiger charge is 2.12. The van der Waals surface area contributed by atoms with E-state index >= 15 is 0 Å². The molecule has 4 aromatic carbocycles. The van der Waals surface area contributed by atoms with Crippen molar-refractivity contribution < 1.29 is 4.74 Å². The Kier molecular flexibility index (Phi) is 3.73. The van der Waals surface area contributed by atoms with E-state index in [0.29, 0.717) is 0 Å². The van der Waals surface area contributed by atoms with Crippen molar-refractivity contribution in [3.05, 3.63) is 78.9 Å². The van der Waals surface area contributed by atoms with Gasteiger partial charge in [0.05, 0.1) is 0 Å². The van der Waals surface area contributed by atoms with Gasteiger partial charge in [0.2, 0.25) is 0 Å². The summed E-state index contributed by atoms with van der Waals surface area (Å²) >= 11 is 0. The van der Waals surface area contributed by atoms with Gasteiger partial charge in [-0.15, -0.1) is 0 Å². The molecule has 0 heterocycles. The monoisotopic (exact) mass is 326 g/mol. The lowest BCUT2D eigenvalue weighted by atomic mass is 9.98. The average Bonchev–Trinajstić information content (AvgIpc) is 2.59. The van der Waals surface area contributed by atoms with Gasteiger partial charge in [-0.2, -0.15) is 0 Å². The van der Waals surface area contributed by atoms with E-state index in [0.717, 1.165) is 5.75 Å². The number of hydrogen-bond donors (Lipinski definition) is 0. The van der Waals surface area contributed by atoms with Crippen LogP contribution in [0, 0.1) is 0 Å². The van der Waals surface area contributed by atoms with Crippen molar-refractivity contribution >= 4 is 21.5 Å². The predicted molar refractivity (Wildman–Crippen MR) is 107 cm³/mol. The summed E-state index contributed by atoms with van der Waals surface area (Å²) in [7, 11) is 0. The topological polar surface area (TPSA) is 9.23 Å². The Morgan fingerprint density at radius 3 is 1.76 bits per heavy atom. The largest absolute Gasteiger partial charge is 0.488 e. The first kappa shape index (κ1) is 15.7. The minimum Gasteiger partial charge on any atom is -0.488 e. The van der Waals surface area contributed by atoms with E-state index in [9.17, 15) is 0 Å². The third-order valence-corrected chi connectivity index (χ3v) is 4.32. The summed E-state index contributed by atoms with van der Waals surface area (Å²) in [5, 5.41) is 4.98. The van der Waals surface area contributed by atoms with E-state index < -0.39 is 0 Å². The molecule has 4 aromatic rings. The molecule has 0 atom stereocenters. The van der Waals surface area contributed by atoms with Crippen molar-refractivity contribution in [3.63, 3.8) is 0 Å². The zero-order chi connectivity index (χ0) is 17.4. The van der Waals surface area contributed by atoms with Gasteiger partial charge < -0.3 is 4.74 Å². The van der Waals surface area contributed by atoms with E-state index in [1.807, 2.05) is 0 Å². The van der Waals surface area contributed by atoms with E-state index in [2.05, 4.69) is 99.6 Å². The first-order valence-electron chi connectivity index (χ1n) is 8.70. The lowest BCUT2D eigenvalue weighted by Crippen LogP contribution is -2.22. The number of benzene rings is 4. The molecule has 0 saturated heterocycles. The molecule has 0 unspecified atom stereocenters. The van der Waals surface area contributed by atoms with Crippen LogP contribution in [-0.2, 0) is 0 Å². The lowest BCUT2D eigenvalue weighted by Gasteiger charge is -2.21. The molecule has 124 valence electrons. The molecule has 0 aliphatic carbocycles. The molecule has 25 heavy (non-hydrogen) atoms. The Hall–Kier alpha value is -2.80. The molecule has 0 aliphatic heterocycles. The van der Waals surface area contributed by atoms with Gasteiger partial charge in [0.1, 0.15) is 11.4 Å². The first-order chi connectivity index (χ1) is 12.0.